The van der Waals surface area contributed by atoms with Crippen molar-refractivity contribution in [2.24, 2.45) is 0 Å². The predicted octanol–water partition coefficient (Wildman–Crippen LogP) is 5.74. The minimum absolute atomic E-state index is 0.711. The van der Waals surface area contributed by atoms with Crippen molar-refractivity contribution in [3.05, 3.63) is 83.1 Å². The number of furan rings is 1. The number of hydrogen-bond acceptors (Lipinski definition) is 4. The molecule has 0 amide bonds. The smallest absolute Gasteiger partial charge is 0.205 e. The second-order valence-corrected chi connectivity index (χ2v) is 7.62. The summed E-state index contributed by atoms with van der Waals surface area (Å²) >= 11 is 1.69. The molecule has 0 radical (unpaired) electrons. The highest BCUT2D eigenvalue weighted by atomic mass is 32.2. The molecular weight excluding hydrogens is 354 g/mol. The van der Waals surface area contributed by atoms with E-state index >= 15 is 0 Å². The Morgan fingerprint density at radius 3 is 2.56 bits per heavy atom. The second-order valence-electron chi connectivity index (χ2n) is 6.68. The Morgan fingerprint density at radius 1 is 0.926 bits per heavy atom. The molecule has 0 unspecified atom stereocenters. The van der Waals surface area contributed by atoms with Crippen molar-refractivity contribution in [3.63, 3.8) is 0 Å². The molecule has 4 rings (SSSR count). The Balaban J connectivity index is 1.73. The van der Waals surface area contributed by atoms with Gasteiger partial charge in [-0.3, -0.25) is 4.57 Å². The highest BCUT2D eigenvalue weighted by molar-refractivity contribution is 7.98. The van der Waals surface area contributed by atoms with E-state index in [1.54, 1.807) is 18.0 Å². The molecule has 5 heteroatoms. The van der Waals surface area contributed by atoms with Gasteiger partial charge in [0, 0.05) is 5.75 Å². The molecule has 2 aromatic heterocycles. The fourth-order valence-corrected chi connectivity index (χ4v) is 4.04. The summed E-state index contributed by atoms with van der Waals surface area (Å²) in [6.45, 7) is 6.36. The topological polar surface area (TPSA) is 43.9 Å². The van der Waals surface area contributed by atoms with Crippen LogP contribution in [0.3, 0.4) is 0 Å². The number of aryl methyl sites for hydroxylation is 3. The third-order valence-corrected chi connectivity index (χ3v) is 5.47. The van der Waals surface area contributed by atoms with Crippen molar-refractivity contribution in [1.82, 2.24) is 14.8 Å². The van der Waals surface area contributed by atoms with Crippen LogP contribution in [0.5, 0.6) is 0 Å². The number of aromatic nitrogens is 3. The molecule has 27 heavy (non-hydrogen) atoms. The summed E-state index contributed by atoms with van der Waals surface area (Å²) in [4.78, 5) is 0. The van der Waals surface area contributed by atoms with Crippen LogP contribution >= 0.6 is 11.8 Å². The van der Waals surface area contributed by atoms with Crippen LogP contribution in [0.1, 0.15) is 22.3 Å². The maximum absolute atomic E-state index is 5.59. The van der Waals surface area contributed by atoms with Gasteiger partial charge < -0.3 is 4.42 Å². The molecule has 2 heterocycles. The summed E-state index contributed by atoms with van der Waals surface area (Å²) in [6, 6.07) is 18.7. The van der Waals surface area contributed by atoms with E-state index in [0.29, 0.717) is 11.6 Å². The lowest BCUT2D eigenvalue weighted by Gasteiger charge is -2.11. The molecule has 0 aliphatic heterocycles. The third-order valence-electron chi connectivity index (χ3n) is 4.50. The largest absolute Gasteiger partial charge is 0.461 e. The van der Waals surface area contributed by atoms with Crippen molar-refractivity contribution in [3.8, 4) is 17.3 Å². The summed E-state index contributed by atoms with van der Waals surface area (Å²) in [7, 11) is 0. The zero-order chi connectivity index (χ0) is 18.8. The number of hydrogen-bond donors (Lipinski definition) is 0. The fourth-order valence-electron chi connectivity index (χ4n) is 3.03. The second kappa shape index (κ2) is 7.45. The molecule has 0 fully saturated rings. The summed E-state index contributed by atoms with van der Waals surface area (Å²) in [5.41, 5.74) is 6.11. The third kappa shape index (κ3) is 3.69. The van der Waals surface area contributed by atoms with Crippen molar-refractivity contribution in [1.29, 1.82) is 0 Å². The summed E-state index contributed by atoms with van der Waals surface area (Å²) in [5, 5.41) is 9.73. The predicted molar refractivity (Wildman–Crippen MR) is 109 cm³/mol. The zero-order valence-electron chi connectivity index (χ0n) is 15.6. The molecule has 0 atom stereocenters. The van der Waals surface area contributed by atoms with Gasteiger partial charge in [-0.15, -0.1) is 10.2 Å². The van der Waals surface area contributed by atoms with Crippen LogP contribution in [0.4, 0.5) is 0 Å². The molecule has 0 spiro atoms. The van der Waals surface area contributed by atoms with Gasteiger partial charge in [0.1, 0.15) is 0 Å². The average molecular weight is 375 g/mol. The first-order valence-electron chi connectivity index (χ1n) is 8.87. The monoisotopic (exact) mass is 375 g/mol. The lowest BCUT2D eigenvalue weighted by atomic mass is 10.1. The molecular formula is C22H21N3OS. The number of thioether (sulfide) groups is 1. The first kappa shape index (κ1) is 17.6. The van der Waals surface area contributed by atoms with Crippen LogP contribution in [-0.4, -0.2) is 14.8 Å². The zero-order valence-corrected chi connectivity index (χ0v) is 16.5. The highest BCUT2D eigenvalue weighted by Gasteiger charge is 2.18. The number of benzene rings is 2. The van der Waals surface area contributed by atoms with Crippen molar-refractivity contribution in [2.45, 2.75) is 31.7 Å². The molecule has 0 saturated carbocycles. The standard InChI is InChI=1S/C22H21N3OS/c1-15-6-4-7-19(13-15)25-21(20-8-5-11-26-20)23-24-22(25)27-14-18-12-16(2)9-10-17(18)3/h4-13H,14H2,1-3H3. The maximum Gasteiger partial charge on any atom is 0.205 e. The Bertz CT molecular complexity index is 1070. The van der Waals surface area contributed by atoms with Gasteiger partial charge in [-0.25, -0.2) is 0 Å². The van der Waals surface area contributed by atoms with Crippen molar-refractivity contribution < 1.29 is 4.42 Å². The minimum atomic E-state index is 0.711. The van der Waals surface area contributed by atoms with Gasteiger partial charge in [-0.05, 0) is 61.7 Å². The summed E-state index contributed by atoms with van der Waals surface area (Å²) in [5.74, 6) is 2.27. The van der Waals surface area contributed by atoms with Crippen molar-refractivity contribution >= 4 is 11.8 Å². The van der Waals surface area contributed by atoms with Gasteiger partial charge in [0.2, 0.25) is 5.82 Å². The van der Waals surface area contributed by atoms with Gasteiger partial charge in [-0.1, -0.05) is 47.7 Å². The summed E-state index contributed by atoms with van der Waals surface area (Å²) < 4.78 is 7.66. The van der Waals surface area contributed by atoms with Gasteiger partial charge in [0.05, 0.1) is 12.0 Å². The Hall–Kier alpha value is -2.79. The van der Waals surface area contributed by atoms with Crippen LogP contribution in [0.15, 0.2) is 70.4 Å². The number of nitrogens with zero attached hydrogens (tertiary/aromatic N) is 3. The van der Waals surface area contributed by atoms with E-state index in [9.17, 15) is 0 Å². The van der Waals surface area contributed by atoms with Gasteiger partial charge in [-0.2, -0.15) is 0 Å². The number of rotatable bonds is 5. The van der Waals surface area contributed by atoms with E-state index in [4.69, 9.17) is 4.42 Å². The van der Waals surface area contributed by atoms with E-state index in [1.807, 2.05) is 12.1 Å². The lowest BCUT2D eigenvalue weighted by molar-refractivity contribution is 0.575. The Morgan fingerprint density at radius 2 is 1.78 bits per heavy atom. The van der Waals surface area contributed by atoms with Gasteiger partial charge >= 0.3 is 0 Å². The van der Waals surface area contributed by atoms with E-state index < -0.39 is 0 Å². The summed E-state index contributed by atoms with van der Waals surface area (Å²) in [6.07, 6.45) is 1.66. The molecule has 0 bridgehead atoms. The van der Waals surface area contributed by atoms with E-state index in [2.05, 4.69) is 78.0 Å². The van der Waals surface area contributed by atoms with Crippen molar-refractivity contribution in [2.75, 3.05) is 0 Å². The quantitative estimate of drug-likeness (QED) is 0.417. The molecule has 2 aromatic carbocycles. The Kier molecular flexibility index (Phi) is 4.86. The van der Waals surface area contributed by atoms with E-state index in [0.717, 1.165) is 16.6 Å². The SMILES string of the molecule is Cc1cccc(-n2c(SCc3cc(C)ccc3C)nnc2-c2ccco2)c1. The van der Waals surface area contributed by atoms with Gasteiger partial charge in [0.25, 0.3) is 0 Å². The molecule has 136 valence electrons. The van der Waals surface area contributed by atoms with E-state index in [1.165, 1.54) is 22.3 Å². The van der Waals surface area contributed by atoms with E-state index in [-0.39, 0.29) is 0 Å². The first-order valence-corrected chi connectivity index (χ1v) is 9.85. The van der Waals surface area contributed by atoms with Crippen LogP contribution in [0.2, 0.25) is 0 Å². The molecule has 4 nitrogen and oxygen atoms in total. The molecule has 0 N–H and O–H groups in total. The van der Waals surface area contributed by atoms with Gasteiger partial charge in [0.15, 0.2) is 10.9 Å². The van der Waals surface area contributed by atoms with Crippen LogP contribution in [0.25, 0.3) is 17.3 Å². The normalized spacial score (nSPS) is 11.1. The first-order chi connectivity index (χ1) is 13.1. The molecule has 4 aromatic rings. The fraction of sp³-hybridized carbons (Fsp3) is 0.182. The lowest BCUT2D eigenvalue weighted by Crippen LogP contribution is -2.00. The highest BCUT2D eigenvalue weighted by Crippen LogP contribution is 2.31. The maximum atomic E-state index is 5.59. The van der Waals surface area contributed by atoms with Crippen LogP contribution in [0, 0.1) is 20.8 Å². The van der Waals surface area contributed by atoms with Crippen LogP contribution in [-0.2, 0) is 5.75 Å². The van der Waals surface area contributed by atoms with Crippen LogP contribution < -0.4 is 0 Å². The minimum Gasteiger partial charge on any atom is -0.461 e. The Labute approximate surface area is 163 Å². The average Bonchev–Trinajstić information content (AvgIpc) is 3.31. The molecule has 0 aliphatic rings. The molecule has 0 aliphatic carbocycles. The molecule has 0 saturated heterocycles.